The Kier molecular flexibility index (Phi) is 4.36. The average Bonchev–Trinajstić information content (AvgIpc) is 2.75. The van der Waals surface area contributed by atoms with Crippen LogP contribution in [-0.2, 0) is 7.05 Å². The average molecular weight is 286 g/mol. The lowest BCUT2D eigenvalue weighted by molar-refractivity contribution is 0.102. The van der Waals surface area contributed by atoms with E-state index in [-0.39, 0.29) is 12.1 Å². The van der Waals surface area contributed by atoms with Gasteiger partial charge in [0.15, 0.2) is 0 Å². The molecule has 0 atom stereocenters. The normalized spacial score (nSPS) is 9.90. The van der Waals surface area contributed by atoms with E-state index in [1.807, 2.05) is 0 Å². The second-order valence-electron chi connectivity index (χ2n) is 4.45. The van der Waals surface area contributed by atoms with Gasteiger partial charge in [0.1, 0.15) is 5.82 Å². The minimum atomic E-state index is -0.499. The maximum atomic E-state index is 13.4. The van der Waals surface area contributed by atoms with Gasteiger partial charge in [-0.2, -0.15) is 5.10 Å². The molecule has 1 aromatic heterocycles. The highest BCUT2D eigenvalue weighted by molar-refractivity contribution is 6.06. The molecule has 0 saturated heterocycles. The molecular formula is C15H15FN4O. The van der Waals surface area contributed by atoms with Crippen molar-refractivity contribution in [1.82, 2.24) is 9.78 Å². The Labute approximate surface area is 122 Å². The van der Waals surface area contributed by atoms with Crippen LogP contribution in [0.25, 0.3) is 0 Å². The first-order chi connectivity index (χ1) is 10.0. The van der Waals surface area contributed by atoms with Gasteiger partial charge in [-0.25, -0.2) is 4.39 Å². The summed E-state index contributed by atoms with van der Waals surface area (Å²) in [5.41, 5.74) is 7.17. The minimum absolute atomic E-state index is 0.166. The van der Waals surface area contributed by atoms with Crippen LogP contribution in [-0.4, -0.2) is 22.2 Å². The molecule has 0 spiro atoms. The number of nitrogens with one attached hydrogen (secondary N) is 1. The molecule has 5 nitrogen and oxygen atoms in total. The number of nitrogens with zero attached hydrogens (tertiary/aromatic N) is 2. The molecule has 0 unspecified atom stereocenters. The summed E-state index contributed by atoms with van der Waals surface area (Å²) in [6.07, 6.45) is 1.68. The molecule has 0 bridgehead atoms. The fourth-order valence-electron chi connectivity index (χ4n) is 1.87. The van der Waals surface area contributed by atoms with Gasteiger partial charge in [-0.1, -0.05) is 11.8 Å². The molecule has 0 radical (unpaired) electrons. The summed E-state index contributed by atoms with van der Waals surface area (Å²) in [5, 5.41) is 6.83. The van der Waals surface area contributed by atoms with E-state index in [2.05, 4.69) is 22.3 Å². The van der Waals surface area contributed by atoms with Gasteiger partial charge in [0.25, 0.3) is 5.91 Å². The molecule has 0 fully saturated rings. The van der Waals surface area contributed by atoms with E-state index in [0.717, 1.165) is 6.07 Å². The molecule has 0 aliphatic carbocycles. The molecule has 21 heavy (non-hydrogen) atoms. The number of carbonyl (C=O) groups excluding carboxylic acids is 1. The number of aryl methyl sites for hydroxylation is 2. The predicted molar refractivity (Wildman–Crippen MR) is 78.2 cm³/mol. The van der Waals surface area contributed by atoms with Crippen LogP contribution in [0, 0.1) is 24.6 Å². The van der Waals surface area contributed by atoms with Gasteiger partial charge >= 0.3 is 0 Å². The Morgan fingerprint density at radius 2 is 2.29 bits per heavy atom. The summed E-state index contributed by atoms with van der Waals surface area (Å²) in [5.74, 6) is 4.48. The molecule has 108 valence electrons. The second-order valence-corrected chi connectivity index (χ2v) is 4.45. The Balaban J connectivity index is 2.34. The lowest BCUT2D eigenvalue weighted by Crippen LogP contribution is -2.14. The Bertz CT molecular complexity index is 740. The molecule has 6 heteroatoms. The first-order valence-corrected chi connectivity index (χ1v) is 6.31. The predicted octanol–water partition coefficient (Wildman–Crippen LogP) is 1.43. The quantitative estimate of drug-likeness (QED) is 0.820. The van der Waals surface area contributed by atoms with Gasteiger partial charge in [-0.3, -0.25) is 9.48 Å². The number of benzene rings is 1. The standard InChI is InChI=1S/C15H15FN4O/c1-10-14(9-20(2)19-10)18-15(21)13-8-12(16)6-5-11(13)4-3-7-17/h5-6,8-9H,7,17H2,1-2H3,(H,18,21). The van der Waals surface area contributed by atoms with Gasteiger partial charge < -0.3 is 11.1 Å². The molecule has 3 N–H and O–H groups in total. The number of nitrogens with two attached hydrogens (primary N) is 1. The summed E-state index contributed by atoms with van der Waals surface area (Å²) in [4.78, 5) is 12.3. The number of halogens is 1. The van der Waals surface area contributed by atoms with Crippen molar-refractivity contribution in [3.05, 3.63) is 47.0 Å². The van der Waals surface area contributed by atoms with Crippen molar-refractivity contribution in [2.45, 2.75) is 6.92 Å². The summed E-state index contributed by atoms with van der Waals surface area (Å²) in [6.45, 7) is 1.94. The third kappa shape index (κ3) is 3.46. The highest BCUT2D eigenvalue weighted by Crippen LogP contribution is 2.16. The molecule has 2 rings (SSSR count). The van der Waals surface area contributed by atoms with Crippen LogP contribution in [0.1, 0.15) is 21.6 Å². The third-order valence-corrected chi connectivity index (χ3v) is 2.81. The smallest absolute Gasteiger partial charge is 0.257 e. The van der Waals surface area contributed by atoms with E-state index in [1.54, 1.807) is 24.9 Å². The zero-order valence-corrected chi connectivity index (χ0v) is 11.8. The molecular weight excluding hydrogens is 271 g/mol. The van der Waals surface area contributed by atoms with Crippen LogP contribution in [0.3, 0.4) is 0 Å². The molecule has 1 aromatic carbocycles. The van der Waals surface area contributed by atoms with Gasteiger partial charge in [0.2, 0.25) is 0 Å². The number of carbonyl (C=O) groups is 1. The van der Waals surface area contributed by atoms with Crippen molar-refractivity contribution >= 4 is 11.6 Å². The highest BCUT2D eigenvalue weighted by Gasteiger charge is 2.14. The zero-order valence-electron chi connectivity index (χ0n) is 11.8. The molecule has 2 aromatic rings. The fourth-order valence-corrected chi connectivity index (χ4v) is 1.87. The summed E-state index contributed by atoms with van der Waals surface area (Å²) < 4.78 is 15.0. The molecule has 1 heterocycles. The lowest BCUT2D eigenvalue weighted by Gasteiger charge is -2.06. The van der Waals surface area contributed by atoms with Gasteiger partial charge in [0, 0.05) is 18.8 Å². The van der Waals surface area contributed by atoms with E-state index >= 15 is 0 Å². The summed E-state index contributed by atoms with van der Waals surface area (Å²) in [6, 6.07) is 3.87. The van der Waals surface area contributed by atoms with Crippen molar-refractivity contribution in [2.24, 2.45) is 12.8 Å². The number of aromatic nitrogens is 2. The van der Waals surface area contributed by atoms with E-state index < -0.39 is 11.7 Å². The Morgan fingerprint density at radius 1 is 1.52 bits per heavy atom. The van der Waals surface area contributed by atoms with Gasteiger partial charge in [0.05, 0.1) is 23.5 Å². The Morgan fingerprint density at radius 3 is 2.90 bits per heavy atom. The first kappa shape index (κ1) is 14.8. The van der Waals surface area contributed by atoms with E-state index in [9.17, 15) is 9.18 Å². The molecule has 0 aliphatic rings. The molecule has 0 saturated carbocycles. The van der Waals surface area contributed by atoms with E-state index in [0.29, 0.717) is 16.9 Å². The number of rotatable bonds is 2. The maximum Gasteiger partial charge on any atom is 0.257 e. The van der Waals surface area contributed by atoms with Crippen molar-refractivity contribution in [1.29, 1.82) is 0 Å². The van der Waals surface area contributed by atoms with Crippen molar-refractivity contribution in [3.63, 3.8) is 0 Å². The van der Waals surface area contributed by atoms with Crippen LogP contribution in [0.2, 0.25) is 0 Å². The van der Waals surface area contributed by atoms with Crippen LogP contribution in [0.5, 0.6) is 0 Å². The second kappa shape index (κ2) is 6.20. The highest BCUT2D eigenvalue weighted by atomic mass is 19.1. The van der Waals surface area contributed by atoms with Crippen molar-refractivity contribution in [2.75, 3.05) is 11.9 Å². The zero-order chi connectivity index (χ0) is 15.4. The maximum absolute atomic E-state index is 13.4. The van der Waals surface area contributed by atoms with Crippen LogP contribution in [0.4, 0.5) is 10.1 Å². The van der Waals surface area contributed by atoms with Crippen LogP contribution in [0.15, 0.2) is 24.4 Å². The fraction of sp³-hybridized carbons (Fsp3) is 0.200. The van der Waals surface area contributed by atoms with Gasteiger partial charge in [-0.15, -0.1) is 0 Å². The SMILES string of the molecule is Cc1nn(C)cc1NC(=O)c1cc(F)ccc1C#CCN. The van der Waals surface area contributed by atoms with Crippen LogP contribution >= 0.6 is 0 Å². The Hall–Kier alpha value is -2.65. The number of hydrogen-bond donors (Lipinski definition) is 2. The molecule has 1 amide bonds. The van der Waals surface area contributed by atoms with Crippen molar-refractivity contribution < 1.29 is 9.18 Å². The molecule has 0 aliphatic heterocycles. The first-order valence-electron chi connectivity index (χ1n) is 6.31. The summed E-state index contributed by atoms with van der Waals surface area (Å²) >= 11 is 0. The monoisotopic (exact) mass is 286 g/mol. The van der Waals surface area contributed by atoms with E-state index in [1.165, 1.54) is 12.1 Å². The third-order valence-electron chi connectivity index (χ3n) is 2.81. The number of hydrogen-bond acceptors (Lipinski definition) is 3. The lowest BCUT2D eigenvalue weighted by atomic mass is 10.1. The van der Waals surface area contributed by atoms with Crippen LogP contribution < -0.4 is 11.1 Å². The number of anilines is 1. The number of amides is 1. The van der Waals surface area contributed by atoms with E-state index in [4.69, 9.17) is 5.73 Å². The summed E-state index contributed by atoms with van der Waals surface area (Å²) in [7, 11) is 1.75. The minimum Gasteiger partial charge on any atom is -0.320 e. The largest absolute Gasteiger partial charge is 0.320 e. The van der Waals surface area contributed by atoms with Crippen molar-refractivity contribution in [3.8, 4) is 11.8 Å². The van der Waals surface area contributed by atoms with Gasteiger partial charge in [-0.05, 0) is 25.1 Å². The topological polar surface area (TPSA) is 72.9 Å².